The average molecular weight is 280 g/mol. The van der Waals surface area contributed by atoms with Gasteiger partial charge in [0.05, 0.1) is 24.2 Å². The van der Waals surface area contributed by atoms with Crippen LogP contribution in [0.25, 0.3) is 0 Å². The predicted octanol–water partition coefficient (Wildman–Crippen LogP) is 2.30. The van der Waals surface area contributed by atoms with Crippen molar-refractivity contribution < 1.29 is 9.90 Å². The Bertz CT molecular complexity index is 630. The van der Waals surface area contributed by atoms with Crippen LogP contribution in [-0.2, 0) is 11.3 Å². The van der Waals surface area contributed by atoms with Gasteiger partial charge in [0.15, 0.2) is 0 Å². The highest BCUT2D eigenvalue weighted by Crippen LogP contribution is 2.15. The zero-order valence-corrected chi connectivity index (χ0v) is 11.5. The summed E-state index contributed by atoms with van der Waals surface area (Å²) in [7, 11) is 0. The van der Waals surface area contributed by atoms with Crippen LogP contribution in [0.15, 0.2) is 54.6 Å². The molecule has 1 atom stereocenters. The molecule has 2 rings (SSSR count). The van der Waals surface area contributed by atoms with Crippen molar-refractivity contribution in [3.63, 3.8) is 0 Å². The van der Waals surface area contributed by atoms with Crippen molar-refractivity contribution in [1.82, 2.24) is 5.32 Å². The molecule has 106 valence electrons. The lowest BCUT2D eigenvalue weighted by Crippen LogP contribution is -2.24. The molecule has 1 unspecified atom stereocenters. The molecule has 2 aromatic rings. The highest BCUT2D eigenvalue weighted by Gasteiger charge is 2.12. The SMILES string of the molecule is N#Cc1ccc(CNC(=O)CC(O)c2ccccc2)cc1. The summed E-state index contributed by atoms with van der Waals surface area (Å²) in [5, 5.41) is 21.4. The molecule has 0 aliphatic heterocycles. The first kappa shape index (κ1) is 14.8. The Morgan fingerprint density at radius 1 is 1.14 bits per heavy atom. The van der Waals surface area contributed by atoms with Crippen molar-refractivity contribution in [3.05, 3.63) is 71.3 Å². The smallest absolute Gasteiger partial charge is 0.223 e. The first-order chi connectivity index (χ1) is 10.2. The first-order valence-electron chi connectivity index (χ1n) is 6.68. The molecule has 0 aliphatic rings. The quantitative estimate of drug-likeness (QED) is 0.882. The van der Waals surface area contributed by atoms with Gasteiger partial charge >= 0.3 is 0 Å². The number of hydrogen-bond donors (Lipinski definition) is 2. The zero-order chi connectivity index (χ0) is 15.1. The third kappa shape index (κ3) is 4.44. The molecule has 2 aromatic carbocycles. The molecule has 4 nitrogen and oxygen atoms in total. The Morgan fingerprint density at radius 3 is 2.43 bits per heavy atom. The maximum absolute atomic E-state index is 11.8. The van der Waals surface area contributed by atoms with Gasteiger partial charge in [-0.15, -0.1) is 0 Å². The van der Waals surface area contributed by atoms with Gasteiger partial charge in [0, 0.05) is 6.54 Å². The zero-order valence-electron chi connectivity index (χ0n) is 11.5. The van der Waals surface area contributed by atoms with E-state index in [1.54, 1.807) is 36.4 Å². The predicted molar refractivity (Wildman–Crippen MR) is 79.0 cm³/mol. The van der Waals surface area contributed by atoms with Gasteiger partial charge in [-0.2, -0.15) is 5.26 Å². The lowest BCUT2D eigenvalue weighted by atomic mass is 10.1. The van der Waals surface area contributed by atoms with Crippen LogP contribution in [0.3, 0.4) is 0 Å². The van der Waals surface area contributed by atoms with Gasteiger partial charge in [-0.3, -0.25) is 4.79 Å². The molecule has 0 aromatic heterocycles. The highest BCUT2D eigenvalue weighted by atomic mass is 16.3. The minimum Gasteiger partial charge on any atom is -0.388 e. The van der Waals surface area contributed by atoms with E-state index in [2.05, 4.69) is 5.32 Å². The maximum atomic E-state index is 11.8. The fourth-order valence-corrected chi connectivity index (χ4v) is 1.94. The monoisotopic (exact) mass is 280 g/mol. The Morgan fingerprint density at radius 2 is 1.81 bits per heavy atom. The molecule has 0 saturated carbocycles. The summed E-state index contributed by atoms with van der Waals surface area (Å²) in [6, 6.07) is 18.2. The van der Waals surface area contributed by atoms with E-state index in [0.29, 0.717) is 12.1 Å². The van der Waals surface area contributed by atoms with E-state index in [0.717, 1.165) is 11.1 Å². The summed E-state index contributed by atoms with van der Waals surface area (Å²) in [4.78, 5) is 11.8. The molecule has 0 saturated heterocycles. The van der Waals surface area contributed by atoms with Crippen LogP contribution >= 0.6 is 0 Å². The minimum atomic E-state index is -0.799. The van der Waals surface area contributed by atoms with E-state index in [1.165, 1.54) is 0 Å². The van der Waals surface area contributed by atoms with Crippen LogP contribution in [0, 0.1) is 11.3 Å². The van der Waals surface area contributed by atoms with Crippen molar-refractivity contribution in [1.29, 1.82) is 5.26 Å². The van der Waals surface area contributed by atoms with E-state index in [4.69, 9.17) is 5.26 Å². The second-order valence-electron chi connectivity index (χ2n) is 4.72. The maximum Gasteiger partial charge on any atom is 0.223 e. The fraction of sp³-hybridized carbons (Fsp3) is 0.176. The van der Waals surface area contributed by atoms with Crippen LogP contribution in [0.5, 0.6) is 0 Å². The van der Waals surface area contributed by atoms with Crippen LogP contribution < -0.4 is 5.32 Å². The van der Waals surface area contributed by atoms with E-state index >= 15 is 0 Å². The van der Waals surface area contributed by atoms with E-state index in [9.17, 15) is 9.90 Å². The third-order valence-corrected chi connectivity index (χ3v) is 3.14. The van der Waals surface area contributed by atoms with E-state index in [1.807, 2.05) is 24.3 Å². The number of nitrogens with one attached hydrogen (secondary N) is 1. The lowest BCUT2D eigenvalue weighted by molar-refractivity contribution is -0.123. The standard InChI is InChI=1S/C17H16N2O2/c18-11-13-6-8-14(9-7-13)12-19-17(21)10-16(20)15-4-2-1-3-5-15/h1-9,16,20H,10,12H2,(H,19,21). The highest BCUT2D eigenvalue weighted by molar-refractivity contribution is 5.76. The van der Waals surface area contributed by atoms with Gasteiger partial charge < -0.3 is 10.4 Å². The number of nitriles is 1. The number of carbonyl (C=O) groups excluding carboxylic acids is 1. The normalized spacial score (nSPS) is 11.4. The van der Waals surface area contributed by atoms with Crippen molar-refractivity contribution in [2.45, 2.75) is 19.1 Å². The molecule has 21 heavy (non-hydrogen) atoms. The molecule has 0 bridgehead atoms. The average Bonchev–Trinajstić information content (AvgIpc) is 2.54. The first-order valence-corrected chi connectivity index (χ1v) is 6.68. The van der Waals surface area contributed by atoms with Crippen LogP contribution in [0.2, 0.25) is 0 Å². The van der Waals surface area contributed by atoms with Crippen LogP contribution in [0.1, 0.15) is 29.2 Å². The fourth-order valence-electron chi connectivity index (χ4n) is 1.94. The van der Waals surface area contributed by atoms with Gasteiger partial charge in [-0.25, -0.2) is 0 Å². The van der Waals surface area contributed by atoms with Crippen molar-refractivity contribution >= 4 is 5.91 Å². The number of rotatable bonds is 5. The Kier molecular flexibility index (Phi) is 5.08. The summed E-state index contributed by atoms with van der Waals surface area (Å²) in [5.74, 6) is -0.212. The second kappa shape index (κ2) is 7.22. The number of aliphatic hydroxyl groups is 1. The summed E-state index contributed by atoms with van der Waals surface area (Å²) < 4.78 is 0. The lowest BCUT2D eigenvalue weighted by Gasteiger charge is -2.11. The molecular formula is C17H16N2O2. The summed E-state index contributed by atoms with van der Waals surface area (Å²) in [6.07, 6.45) is -0.771. The third-order valence-electron chi connectivity index (χ3n) is 3.14. The summed E-state index contributed by atoms with van der Waals surface area (Å²) >= 11 is 0. The Hall–Kier alpha value is -2.64. The molecule has 0 fully saturated rings. The molecule has 1 amide bonds. The van der Waals surface area contributed by atoms with Gasteiger partial charge in [0.25, 0.3) is 0 Å². The molecular weight excluding hydrogens is 264 g/mol. The van der Waals surface area contributed by atoms with Gasteiger partial charge in [-0.1, -0.05) is 42.5 Å². The van der Waals surface area contributed by atoms with Gasteiger partial charge in [0.1, 0.15) is 0 Å². The molecule has 0 heterocycles. The van der Waals surface area contributed by atoms with Gasteiger partial charge in [0.2, 0.25) is 5.91 Å². The number of carbonyl (C=O) groups is 1. The number of benzene rings is 2. The van der Waals surface area contributed by atoms with Crippen LogP contribution in [0.4, 0.5) is 0 Å². The Labute approximate surface area is 123 Å². The number of aliphatic hydroxyl groups excluding tert-OH is 1. The largest absolute Gasteiger partial charge is 0.388 e. The second-order valence-corrected chi connectivity index (χ2v) is 4.72. The van der Waals surface area contributed by atoms with Crippen molar-refractivity contribution in [2.24, 2.45) is 0 Å². The molecule has 0 radical (unpaired) electrons. The van der Waals surface area contributed by atoms with Gasteiger partial charge in [-0.05, 0) is 23.3 Å². The van der Waals surface area contributed by atoms with Crippen LogP contribution in [-0.4, -0.2) is 11.0 Å². The number of amides is 1. The van der Waals surface area contributed by atoms with E-state index < -0.39 is 6.10 Å². The molecule has 0 aliphatic carbocycles. The molecule has 2 N–H and O–H groups in total. The van der Waals surface area contributed by atoms with Crippen molar-refractivity contribution in [2.75, 3.05) is 0 Å². The van der Waals surface area contributed by atoms with Crippen molar-refractivity contribution in [3.8, 4) is 6.07 Å². The number of nitrogens with zero attached hydrogens (tertiary/aromatic N) is 1. The summed E-state index contributed by atoms with van der Waals surface area (Å²) in [5.41, 5.74) is 2.23. The minimum absolute atomic E-state index is 0.0281. The number of hydrogen-bond acceptors (Lipinski definition) is 3. The molecule has 4 heteroatoms. The topological polar surface area (TPSA) is 73.1 Å². The Balaban J connectivity index is 1.83. The molecule has 0 spiro atoms. The van der Waals surface area contributed by atoms with E-state index in [-0.39, 0.29) is 12.3 Å². The summed E-state index contributed by atoms with van der Waals surface area (Å²) in [6.45, 7) is 0.381.